The maximum atomic E-state index is 13.4. The van der Waals surface area contributed by atoms with Crippen molar-refractivity contribution in [3.8, 4) is 11.3 Å². The molecule has 1 aromatic heterocycles. The molecule has 172 valence electrons. The fourth-order valence-electron chi connectivity index (χ4n) is 3.49. The number of hydrogen-bond acceptors (Lipinski definition) is 6. The number of nitrogens with zero attached hydrogens (tertiary/aromatic N) is 3. The predicted molar refractivity (Wildman–Crippen MR) is 139 cm³/mol. The number of amides is 1. The quantitative estimate of drug-likeness (QED) is 0.162. The van der Waals surface area contributed by atoms with E-state index in [0.29, 0.717) is 32.8 Å². The van der Waals surface area contributed by atoms with Gasteiger partial charge in [-0.3, -0.25) is 19.8 Å². The Morgan fingerprint density at radius 2 is 1.69 bits per heavy atom. The highest BCUT2D eigenvalue weighted by atomic mass is 35.5. The lowest BCUT2D eigenvalue weighted by Gasteiger charge is -2.15. The molecule has 3 aromatic carbocycles. The number of furan rings is 1. The largest absolute Gasteiger partial charge is 0.457 e. The molecule has 0 bridgehead atoms. The minimum absolute atomic E-state index is 0.105. The van der Waals surface area contributed by atoms with Gasteiger partial charge < -0.3 is 4.42 Å². The molecule has 0 saturated carbocycles. The Hall–Kier alpha value is -4.14. The summed E-state index contributed by atoms with van der Waals surface area (Å²) < 4.78 is 5.90. The number of benzene rings is 3. The van der Waals surface area contributed by atoms with Crippen LogP contribution in [0.4, 0.5) is 17.1 Å². The SMILES string of the molecule is O=C1C(=Cc2ccc(-c3ccc([N+](=O)[O-])cc3Cl)o2)SC(=Nc2ccccc2)N1c1ccccc1. The standard InChI is InChI=1S/C26H16ClN3O4S/c27-22-15-19(30(32)33)11-13-21(22)23-14-12-20(34-23)16-24-25(31)29(18-9-5-2-6-10-18)26(35-24)28-17-7-3-1-4-8-17/h1-16H. The van der Waals surface area contributed by atoms with Gasteiger partial charge in [-0.25, -0.2) is 4.99 Å². The van der Waals surface area contributed by atoms with E-state index in [1.165, 1.54) is 30.0 Å². The Bertz CT molecular complexity index is 1480. The summed E-state index contributed by atoms with van der Waals surface area (Å²) in [4.78, 5) is 30.5. The average molecular weight is 502 g/mol. The van der Waals surface area contributed by atoms with E-state index in [-0.39, 0.29) is 16.6 Å². The molecule has 9 heteroatoms. The van der Waals surface area contributed by atoms with E-state index < -0.39 is 4.92 Å². The lowest BCUT2D eigenvalue weighted by molar-refractivity contribution is -0.384. The van der Waals surface area contributed by atoms with Gasteiger partial charge in [0.2, 0.25) is 0 Å². The fourth-order valence-corrected chi connectivity index (χ4v) is 4.74. The Kier molecular flexibility index (Phi) is 6.22. The number of nitro groups is 1. The second-order valence-corrected chi connectivity index (χ2v) is 8.86. The maximum absolute atomic E-state index is 13.4. The third-order valence-corrected chi connectivity index (χ3v) is 6.41. The summed E-state index contributed by atoms with van der Waals surface area (Å²) in [5.74, 6) is 0.659. The number of amidine groups is 1. The Morgan fingerprint density at radius 3 is 2.37 bits per heavy atom. The van der Waals surface area contributed by atoms with E-state index in [4.69, 9.17) is 16.0 Å². The van der Waals surface area contributed by atoms with Crippen molar-refractivity contribution in [2.75, 3.05) is 4.90 Å². The molecule has 0 radical (unpaired) electrons. The Balaban J connectivity index is 1.49. The van der Waals surface area contributed by atoms with Gasteiger partial charge in [-0.1, -0.05) is 48.0 Å². The first-order valence-corrected chi connectivity index (χ1v) is 11.7. The summed E-state index contributed by atoms with van der Waals surface area (Å²) in [7, 11) is 0. The van der Waals surface area contributed by atoms with Gasteiger partial charge in [0.15, 0.2) is 5.17 Å². The molecule has 35 heavy (non-hydrogen) atoms. The van der Waals surface area contributed by atoms with E-state index >= 15 is 0 Å². The van der Waals surface area contributed by atoms with Crippen molar-refractivity contribution in [1.29, 1.82) is 0 Å². The van der Waals surface area contributed by atoms with Crippen LogP contribution in [0.3, 0.4) is 0 Å². The molecule has 0 aliphatic carbocycles. The third kappa shape index (κ3) is 4.75. The van der Waals surface area contributed by atoms with Gasteiger partial charge in [-0.05, 0) is 54.2 Å². The Morgan fingerprint density at radius 1 is 0.971 bits per heavy atom. The molecule has 7 nitrogen and oxygen atoms in total. The molecule has 5 rings (SSSR count). The number of para-hydroxylation sites is 2. The van der Waals surface area contributed by atoms with Crippen molar-refractivity contribution in [2.24, 2.45) is 4.99 Å². The van der Waals surface area contributed by atoms with Crippen molar-refractivity contribution in [3.63, 3.8) is 0 Å². The molecule has 1 saturated heterocycles. The number of nitro benzene ring substituents is 1. The molecule has 4 aromatic rings. The summed E-state index contributed by atoms with van der Waals surface area (Å²) in [6, 6.07) is 26.3. The molecule has 0 N–H and O–H groups in total. The number of anilines is 1. The molecule has 0 spiro atoms. The molecule has 1 aliphatic rings. The highest BCUT2D eigenvalue weighted by molar-refractivity contribution is 8.19. The average Bonchev–Trinajstić information content (AvgIpc) is 3.44. The zero-order chi connectivity index (χ0) is 24.4. The van der Waals surface area contributed by atoms with Gasteiger partial charge in [-0.2, -0.15) is 0 Å². The molecule has 1 amide bonds. The highest BCUT2D eigenvalue weighted by Crippen LogP contribution is 2.38. The van der Waals surface area contributed by atoms with Crippen LogP contribution in [0.1, 0.15) is 5.76 Å². The van der Waals surface area contributed by atoms with Gasteiger partial charge in [0.05, 0.1) is 26.2 Å². The van der Waals surface area contributed by atoms with Crippen molar-refractivity contribution < 1.29 is 14.1 Å². The summed E-state index contributed by atoms with van der Waals surface area (Å²) in [5, 5.41) is 11.7. The minimum Gasteiger partial charge on any atom is -0.457 e. The normalized spacial score (nSPS) is 15.8. The number of thioether (sulfide) groups is 1. The van der Waals surface area contributed by atoms with Gasteiger partial charge in [0, 0.05) is 23.8 Å². The van der Waals surface area contributed by atoms with Gasteiger partial charge in [0.1, 0.15) is 11.5 Å². The number of non-ortho nitro benzene ring substituents is 1. The summed E-state index contributed by atoms with van der Waals surface area (Å²) in [6.07, 6.45) is 1.65. The highest BCUT2D eigenvalue weighted by Gasteiger charge is 2.35. The van der Waals surface area contributed by atoms with Crippen LogP contribution in [0.25, 0.3) is 17.4 Å². The Labute approximate surface area is 209 Å². The van der Waals surface area contributed by atoms with Gasteiger partial charge in [-0.15, -0.1) is 0 Å². The summed E-state index contributed by atoms with van der Waals surface area (Å²) >= 11 is 7.48. The van der Waals surface area contributed by atoms with Gasteiger partial charge >= 0.3 is 0 Å². The number of carbonyl (C=O) groups is 1. The fraction of sp³-hybridized carbons (Fsp3) is 0. The van der Waals surface area contributed by atoms with E-state index in [1.54, 1.807) is 23.1 Å². The second kappa shape index (κ2) is 9.61. The first kappa shape index (κ1) is 22.6. The van der Waals surface area contributed by atoms with Crippen LogP contribution in [-0.2, 0) is 4.79 Å². The monoisotopic (exact) mass is 501 g/mol. The molecule has 0 atom stereocenters. The lowest BCUT2D eigenvalue weighted by Crippen LogP contribution is -2.28. The number of hydrogen-bond donors (Lipinski definition) is 0. The first-order valence-electron chi connectivity index (χ1n) is 10.5. The lowest BCUT2D eigenvalue weighted by atomic mass is 10.1. The van der Waals surface area contributed by atoms with Crippen LogP contribution in [-0.4, -0.2) is 16.0 Å². The summed E-state index contributed by atoms with van der Waals surface area (Å²) in [6.45, 7) is 0. The van der Waals surface area contributed by atoms with Crippen molar-refractivity contribution in [3.05, 3.63) is 117 Å². The van der Waals surface area contributed by atoms with Crippen LogP contribution < -0.4 is 4.90 Å². The van der Waals surface area contributed by atoms with E-state index in [2.05, 4.69) is 4.99 Å². The molecule has 1 fully saturated rings. The zero-order valence-corrected chi connectivity index (χ0v) is 19.6. The van der Waals surface area contributed by atoms with Gasteiger partial charge in [0.25, 0.3) is 11.6 Å². The molecular weight excluding hydrogens is 486 g/mol. The number of carbonyl (C=O) groups excluding carboxylic acids is 1. The third-order valence-electron chi connectivity index (χ3n) is 5.13. The van der Waals surface area contributed by atoms with E-state index in [0.717, 1.165) is 5.69 Å². The van der Waals surface area contributed by atoms with Crippen LogP contribution >= 0.6 is 23.4 Å². The van der Waals surface area contributed by atoms with E-state index in [9.17, 15) is 14.9 Å². The molecule has 0 unspecified atom stereocenters. The number of rotatable bonds is 5. The second-order valence-electron chi connectivity index (χ2n) is 7.44. The van der Waals surface area contributed by atoms with Crippen molar-refractivity contribution >= 4 is 57.6 Å². The minimum atomic E-state index is -0.510. The molecular formula is C26H16ClN3O4S. The molecule has 1 aliphatic heterocycles. The molecule has 2 heterocycles. The van der Waals surface area contributed by atoms with Crippen LogP contribution in [0.15, 0.2) is 105 Å². The first-order chi connectivity index (χ1) is 17.0. The predicted octanol–water partition coefficient (Wildman–Crippen LogP) is 7.32. The maximum Gasteiger partial charge on any atom is 0.271 e. The van der Waals surface area contributed by atoms with Crippen molar-refractivity contribution in [2.45, 2.75) is 0 Å². The van der Waals surface area contributed by atoms with Crippen molar-refractivity contribution in [1.82, 2.24) is 0 Å². The number of aliphatic imine (C=N–C) groups is 1. The van der Waals surface area contributed by atoms with E-state index in [1.807, 2.05) is 60.7 Å². The zero-order valence-electron chi connectivity index (χ0n) is 18.0. The smallest absolute Gasteiger partial charge is 0.271 e. The van der Waals surface area contributed by atoms with Crippen LogP contribution in [0, 0.1) is 10.1 Å². The van der Waals surface area contributed by atoms with Crippen LogP contribution in [0.2, 0.25) is 5.02 Å². The topological polar surface area (TPSA) is 88.9 Å². The number of halogens is 1. The summed E-state index contributed by atoms with van der Waals surface area (Å²) in [5.41, 5.74) is 1.86. The van der Waals surface area contributed by atoms with Crippen LogP contribution in [0.5, 0.6) is 0 Å².